The molecule has 0 N–H and O–H groups in total. The molecular formula is C14H15NO5S3. The summed E-state index contributed by atoms with van der Waals surface area (Å²) in [5, 5.41) is 1.64. The van der Waals surface area contributed by atoms with Gasteiger partial charge in [0.05, 0.1) is 4.88 Å². The van der Waals surface area contributed by atoms with Crippen LogP contribution in [0.4, 0.5) is 0 Å². The number of ketones is 1. The Hall–Kier alpha value is -1.55. The number of carbonyl (C=O) groups excluding carboxylic acids is 2. The fourth-order valence-corrected chi connectivity index (χ4v) is 4.79. The highest BCUT2D eigenvalue weighted by atomic mass is 32.2. The molecule has 0 spiro atoms. The third-order valence-electron chi connectivity index (χ3n) is 2.89. The van der Waals surface area contributed by atoms with Crippen molar-refractivity contribution < 1.29 is 22.7 Å². The van der Waals surface area contributed by atoms with E-state index in [1.807, 2.05) is 6.92 Å². The van der Waals surface area contributed by atoms with Crippen LogP contribution in [0.25, 0.3) is 0 Å². The maximum atomic E-state index is 12.2. The molecule has 2 aromatic heterocycles. The first-order valence-electron chi connectivity index (χ1n) is 6.56. The first kappa shape index (κ1) is 17.8. The van der Waals surface area contributed by atoms with Crippen LogP contribution in [-0.4, -0.2) is 44.7 Å². The normalized spacial score (nSPS) is 11.6. The maximum absolute atomic E-state index is 12.2. The van der Waals surface area contributed by atoms with Crippen molar-refractivity contribution in [3.63, 3.8) is 0 Å². The predicted octanol–water partition coefficient (Wildman–Crippen LogP) is 2.16. The van der Waals surface area contributed by atoms with Gasteiger partial charge in [-0.3, -0.25) is 9.59 Å². The molecule has 2 rings (SSSR count). The van der Waals surface area contributed by atoms with Crippen molar-refractivity contribution in [2.75, 3.05) is 20.2 Å². The molecule has 0 aliphatic carbocycles. The van der Waals surface area contributed by atoms with E-state index in [1.54, 1.807) is 23.6 Å². The smallest absolute Gasteiger partial charge is 0.321 e. The van der Waals surface area contributed by atoms with Gasteiger partial charge < -0.3 is 4.74 Å². The van der Waals surface area contributed by atoms with E-state index in [-0.39, 0.29) is 9.99 Å². The number of likely N-dealkylation sites (N-methyl/N-ethyl adjacent to an activating group) is 1. The summed E-state index contributed by atoms with van der Waals surface area (Å²) in [6.45, 7) is 1.03. The van der Waals surface area contributed by atoms with Gasteiger partial charge in [-0.25, -0.2) is 8.42 Å². The number of thiophene rings is 2. The minimum atomic E-state index is -3.71. The summed E-state index contributed by atoms with van der Waals surface area (Å²) in [6, 6.07) is 6.56. The molecule has 0 amide bonds. The molecule has 2 aromatic rings. The van der Waals surface area contributed by atoms with Crippen molar-refractivity contribution in [2.24, 2.45) is 0 Å². The quantitative estimate of drug-likeness (QED) is 0.549. The zero-order valence-corrected chi connectivity index (χ0v) is 15.0. The lowest BCUT2D eigenvalue weighted by Crippen LogP contribution is -2.33. The minimum absolute atomic E-state index is 0.151. The van der Waals surface area contributed by atoms with Crippen LogP contribution in [0.15, 0.2) is 33.9 Å². The summed E-state index contributed by atoms with van der Waals surface area (Å²) in [5.41, 5.74) is 0. The Kier molecular flexibility index (Phi) is 5.69. The largest absolute Gasteiger partial charge is 0.456 e. The van der Waals surface area contributed by atoms with Crippen LogP contribution < -0.4 is 0 Å². The second-order valence-corrected chi connectivity index (χ2v) is 9.19. The van der Waals surface area contributed by atoms with Crippen LogP contribution in [0.2, 0.25) is 0 Å². The summed E-state index contributed by atoms with van der Waals surface area (Å²) in [4.78, 5) is 25.1. The van der Waals surface area contributed by atoms with Gasteiger partial charge in [-0.05, 0) is 30.5 Å². The van der Waals surface area contributed by atoms with E-state index in [2.05, 4.69) is 0 Å². The molecule has 0 saturated carbocycles. The Morgan fingerprint density at radius 2 is 2.00 bits per heavy atom. The van der Waals surface area contributed by atoms with Crippen molar-refractivity contribution in [3.8, 4) is 0 Å². The van der Waals surface area contributed by atoms with Crippen LogP contribution in [0.3, 0.4) is 0 Å². The lowest BCUT2D eigenvalue weighted by atomic mass is 10.3. The van der Waals surface area contributed by atoms with Gasteiger partial charge in [-0.2, -0.15) is 4.31 Å². The molecule has 124 valence electrons. The lowest BCUT2D eigenvalue weighted by Gasteiger charge is -2.14. The Bertz CT molecular complexity index is 792. The van der Waals surface area contributed by atoms with Crippen molar-refractivity contribution in [2.45, 2.75) is 11.1 Å². The van der Waals surface area contributed by atoms with Crippen molar-refractivity contribution in [3.05, 3.63) is 39.4 Å². The van der Waals surface area contributed by atoms with Gasteiger partial charge in [-0.1, -0.05) is 6.07 Å². The maximum Gasteiger partial charge on any atom is 0.321 e. The molecule has 0 aliphatic heterocycles. The highest BCUT2D eigenvalue weighted by Crippen LogP contribution is 2.19. The van der Waals surface area contributed by atoms with Gasteiger partial charge in [0.25, 0.3) is 10.0 Å². The van der Waals surface area contributed by atoms with Crippen LogP contribution in [0.1, 0.15) is 14.5 Å². The summed E-state index contributed by atoms with van der Waals surface area (Å²) in [7, 11) is -2.42. The summed E-state index contributed by atoms with van der Waals surface area (Å²) in [5.74, 6) is -1.07. The molecule has 0 aliphatic rings. The summed E-state index contributed by atoms with van der Waals surface area (Å²) < 4.78 is 30.2. The molecule has 6 nitrogen and oxygen atoms in total. The van der Waals surface area contributed by atoms with Gasteiger partial charge in [0.15, 0.2) is 6.61 Å². The average molecular weight is 373 g/mol. The number of nitrogens with zero attached hydrogens (tertiary/aromatic N) is 1. The van der Waals surface area contributed by atoms with Gasteiger partial charge in [0, 0.05) is 11.9 Å². The molecule has 0 atom stereocenters. The minimum Gasteiger partial charge on any atom is -0.456 e. The second kappa shape index (κ2) is 7.35. The highest BCUT2D eigenvalue weighted by Gasteiger charge is 2.24. The molecule has 23 heavy (non-hydrogen) atoms. The number of hydrogen-bond donors (Lipinski definition) is 0. The molecule has 2 heterocycles. The van der Waals surface area contributed by atoms with E-state index in [0.29, 0.717) is 4.88 Å². The first-order chi connectivity index (χ1) is 10.8. The molecule has 0 aromatic carbocycles. The third kappa shape index (κ3) is 4.47. The monoisotopic (exact) mass is 373 g/mol. The number of ether oxygens (including phenoxy) is 1. The van der Waals surface area contributed by atoms with Crippen molar-refractivity contribution in [1.82, 2.24) is 4.31 Å². The first-order valence-corrected chi connectivity index (χ1v) is 9.69. The summed E-state index contributed by atoms with van der Waals surface area (Å²) in [6.07, 6.45) is 0. The SMILES string of the molecule is Cc1ccc(C(=O)COC(=O)CN(C)S(=O)(=O)c2cccs2)s1. The lowest BCUT2D eigenvalue weighted by molar-refractivity contribution is -0.142. The van der Waals surface area contributed by atoms with Gasteiger partial charge in [0.1, 0.15) is 10.8 Å². The van der Waals surface area contributed by atoms with Crippen molar-refractivity contribution >= 4 is 44.4 Å². The van der Waals surface area contributed by atoms with E-state index < -0.39 is 29.1 Å². The number of esters is 1. The topological polar surface area (TPSA) is 80.8 Å². The number of carbonyl (C=O) groups is 2. The van der Waals surface area contributed by atoms with Gasteiger partial charge >= 0.3 is 5.97 Å². The Balaban J connectivity index is 1.88. The van der Waals surface area contributed by atoms with E-state index in [1.165, 1.54) is 24.5 Å². The molecule has 0 bridgehead atoms. The number of sulfonamides is 1. The Labute approximate surface area is 142 Å². The molecule has 0 fully saturated rings. The number of Topliss-reactive ketones (excluding diaryl/α,β-unsaturated/α-hetero) is 1. The van der Waals surface area contributed by atoms with Crippen LogP contribution in [0, 0.1) is 6.92 Å². The van der Waals surface area contributed by atoms with Crippen molar-refractivity contribution in [1.29, 1.82) is 0 Å². The van der Waals surface area contributed by atoms with E-state index in [4.69, 9.17) is 4.74 Å². The standard InChI is InChI=1S/C14H15NO5S3/c1-10-5-6-12(22-10)11(16)9-20-13(17)8-15(2)23(18,19)14-4-3-7-21-14/h3-7H,8-9H2,1-2H3. The van der Waals surface area contributed by atoms with Crippen LogP contribution in [-0.2, 0) is 19.6 Å². The van der Waals surface area contributed by atoms with E-state index in [9.17, 15) is 18.0 Å². The molecule has 0 saturated heterocycles. The summed E-state index contributed by atoms with van der Waals surface area (Å²) >= 11 is 2.39. The second-order valence-electron chi connectivity index (χ2n) is 4.69. The Morgan fingerprint density at radius 3 is 2.57 bits per heavy atom. The van der Waals surface area contributed by atoms with Crippen LogP contribution >= 0.6 is 22.7 Å². The molecule has 0 unspecified atom stereocenters. The van der Waals surface area contributed by atoms with Gasteiger partial charge in [-0.15, -0.1) is 22.7 Å². The third-order valence-corrected chi connectivity index (χ3v) is 7.11. The number of aryl methyl sites for hydroxylation is 1. The zero-order valence-electron chi connectivity index (χ0n) is 12.5. The number of hydrogen-bond acceptors (Lipinski definition) is 7. The van der Waals surface area contributed by atoms with Crippen LogP contribution in [0.5, 0.6) is 0 Å². The van der Waals surface area contributed by atoms with Gasteiger partial charge in [0.2, 0.25) is 5.78 Å². The zero-order chi connectivity index (χ0) is 17.0. The fraction of sp³-hybridized carbons (Fsp3) is 0.286. The fourth-order valence-electron chi connectivity index (χ4n) is 1.68. The number of rotatable bonds is 7. The Morgan fingerprint density at radius 1 is 1.26 bits per heavy atom. The highest BCUT2D eigenvalue weighted by molar-refractivity contribution is 7.91. The van der Waals surface area contributed by atoms with E-state index in [0.717, 1.165) is 20.5 Å². The molecular weight excluding hydrogens is 358 g/mol. The van der Waals surface area contributed by atoms with E-state index >= 15 is 0 Å². The molecule has 0 radical (unpaired) electrons. The molecule has 9 heteroatoms. The average Bonchev–Trinajstić information content (AvgIpc) is 3.16. The predicted molar refractivity (Wildman–Crippen MR) is 88.5 cm³/mol.